The number of carboxylic acid groups (broad SMARTS) is 1. The SMILES string of the molecule is CCc1cccc(-c2nc(-c3cccc(CN[C@H]4C[C@@H](C(=O)O)C4)c3)no2)c1. The van der Waals surface area contributed by atoms with Crippen molar-refractivity contribution in [2.45, 2.75) is 38.8 Å². The van der Waals surface area contributed by atoms with Crippen molar-refractivity contribution in [1.82, 2.24) is 15.5 Å². The molecule has 0 bridgehead atoms. The first-order chi connectivity index (χ1) is 13.6. The molecule has 1 fully saturated rings. The number of aryl methyl sites for hydroxylation is 1. The third-order valence-corrected chi connectivity index (χ3v) is 5.28. The van der Waals surface area contributed by atoms with Gasteiger partial charge in [-0.05, 0) is 48.6 Å². The van der Waals surface area contributed by atoms with E-state index in [9.17, 15) is 4.79 Å². The van der Waals surface area contributed by atoms with Crippen LogP contribution in [0.25, 0.3) is 22.8 Å². The average molecular weight is 377 g/mol. The maximum atomic E-state index is 10.9. The monoisotopic (exact) mass is 377 g/mol. The fourth-order valence-electron chi connectivity index (χ4n) is 3.45. The number of aromatic nitrogens is 2. The molecule has 6 nitrogen and oxygen atoms in total. The molecule has 2 N–H and O–H groups in total. The van der Waals surface area contributed by atoms with Crippen molar-refractivity contribution in [2.75, 3.05) is 0 Å². The molecule has 4 rings (SSSR count). The summed E-state index contributed by atoms with van der Waals surface area (Å²) in [7, 11) is 0. The van der Waals surface area contributed by atoms with Crippen LogP contribution in [0.15, 0.2) is 53.1 Å². The normalized spacial score (nSPS) is 18.6. The van der Waals surface area contributed by atoms with Gasteiger partial charge in [-0.1, -0.05) is 42.4 Å². The van der Waals surface area contributed by atoms with Crippen LogP contribution in [0.2, 0.25) is 0 Å². The molecular weight excluding hydrogens is 354 g/mol. The predicted molar refractivity (Wildman–Crippen MR) is 106 cm³/mol. The Hall–Kier alpha value is -2.99. The number of nitrogens with one attached hydrogen (secondary N) is 1. The van der Waals surface area contributed by atoms with Crippen LogP contribution >= 0.6 is 0 Å². The number of hydrogen-bond acceptors (Lipinski definition) is 5. The van der Waals surface area contributed by atoms with E-state index in [2.05, 4.69) is 34.5 Å². The van der Waals surface area contributed by atoms with E-state index < -0.39 is 5.97 Å². The molecule has 0 radical (unpaired) electrons. The van der Waals surface area contributed by atoms with Gasteiger partial charge >= 0.3 is 5.97 Å². The van der Waals surface area contributed by atoms with Gasteiger partial charge in [0.25, 0.3) is 5.89 Å². The number of hydrogen-bond donors (Lipinski definition) is 2. The highest BCUT2D eigenvalue weighted by Crippen LogP contribution is 2.28. The van der Waals surface area contributed by atoms with Gasteiger partial charge in [0, 0.05) is 23.7 Å². The van der Waals surface area contributed by atoms with Gasteiger partial charge in [-0.3, -0.25) is 4.79 Å². The Labute approximate surface area is 163 Å². The summed E-state index contributed by atoms with van der Waals surface area (Å²) in [6, 6.07) is 16.4. The summed E-state index contributed by atoms with van der Waals surface area (Å²) in [5.74, 6) is 0.182. The van der Waals surface area contributed by atoms with Gasteiger partial charge in [-0.15, -0.1) is 0 Å². The summed E-state index contributed by atoms with van der Waals surface area (Å²) in [4.78, 5) is 15.4. The smallest absolute Gasteiger partial charge is 0.306 e. The standard InChI is InChI=1S/C22H23N3O3/c1-2-14-5-3-8-17(9-14)21-24-20(25-28-21)16-7-4-6-15(10-16)13-23-19-11-18(12-19)22(26)27/h3-10,18-19,23H,2,11-13H2,1H3,(H,26,27)/t18-,19+. The van der Waals surface area contributed by atoms with Gasteiger partial charge in [-0.2, -0.15) is 4.98 Å². The van der Waals surface area contributed by atoms with E-state index in [0.717, 1.165) is 23.1 Å². The van der Waals surface area contributed by atoms with E-state index in [4.69, 9.17) is 9.63 Å². The largest absolute Gasteiger partial charge is 0.481 e. The van der Waals surface area contributed by atoms with Crippen LogP contribution in [0, 0.1) is 5.92 Å². The highest BCUT2D eigenvalue weighted by Gasteiger charge is 2.33. The summed E-state index contributed by atoms with van der Waals surface area (Å²) < 4.78 is 5.47. The number of nitrogens with zero attached hydrogens (tertiary/aromatic N) is 2. The number of aliphatic carboxylic acids is 1. The highest BCUT2D eigenvalue weighted by molar-refractivity contribution is 5.71. The lowest BCUT2D eigenvalue weighted by atomic mass is 9.80. The van der Waals surface area contributed by atoms with Gasteiger partial charge in [0.2, 0.25) is 5.82 Å². The minimum Gasteiger partial charge on any atom is -0.481 e. The van der Waals surface area contributed by atoms with E-state index in [1.54, 1.807) is 0 Å². The van der Waals surface area contributed by atoms with Crippen molar-refractivity contribution in [1.29, 1.82) is 0 Å². The fourth-order valence-corrected chi connectivity index (χ4v) is 3.45. The summed E-state index contributed by atoms with van der Waals surface area (Å²) in [5, 5.41) is 16.5. The zero-order chi connectivity index (χ0) is 19.5. The second-order valence-electron chi connectivity index (χ2n) is 7.26. The van der Waals surface area contributed by atoms with Crippen LogP contribution in [0.4, 0.5) is 0 Å². The molecule has 6 heteroatoms. The highest BCUT2D eigenvalue weighted by atomic mass is 16.5. The van der Waals surface area contributed by atoms with Crippen LogP contribution in [0.5, 0.6) is 0 Å². The van der Waals surface area contributed by atoms with E-state index in [-0.39, 0.29) is 12.0 Å². The van der Waals surface area contributed by atoms with Crippen LogP contribution in [-0.2, 0) is 17.8 Å². The van der Waals surface area contributed by atoms with E-state index in [1.165, 1.54) is 5.56 Å². The summed E-state index contributed by atoms with van der Waals surface area (Å²) >= 11 is 0. The van der Waals surface area contributed by atoms with Crippen LogP contribution < -0.4 is 5.32 Å². The van der Waals surface area contributed by atoms with Crippen LogP contribution in [0.3, 0.4) is 0 Å². The number of carbonyl (C=O) groups is 1. The molecule has 0 atom stereocenters. The van der Waals surface area contributed by atoms with Crippen molar-refractivity contribution in [3.05, 3.63) is 59.7 Å². The average Bonchev–Trinajstić information content (AvgIpc) is 3.17. The lowest BCUT2D eigenvalue weighted by Crippen LogP contribution is -2.43. The Morgan fingerprint density at radius 3 is 2.61 bits per heavy atom. The first kappa shape index (κ1) is 18.4. The number of rotatable bonds is 7. The van der Waals surface area contributed by atoms with Crippen molar-refractivity contribution in [3.8, 4) is 22.8 Å². The molecule has 0 spiro atoms. The zero-order valence-electron chi connectivity index (χ0n) is 15.8. The molecule has 2 aromatic carbocycles. The summed E-state index contributed by atoms with van der Waals surface area (Å²) in [6.45, 7) is 2.80. The molecule has 0 saturated heterocycles. The molecule has 0 aliphatic heterocycles. The maximum absolute atomic E-state index is 10.9. The van der Waals surface area contributed by atoms with Crippen molar-refractivity contribution in [3.63, 3.8) is 0 Å². The van der Waals surface area contributed by atoms with Gasteiger partial charge in [-0.25, -0.2) is 0 Å². The second kappa shape index (κ2) is 7.94. The fraction of sp³-hybridized carbons (Fsp3) is 0.318. The molecule has 0 unspecified atom stereocenters. The van der Waals surface area contributed by atoms with Crippen molar-refractivity contribution >= 4 is 5.97 Å². The van der Waals surface area contributed by atoms with Crippen molar-refractivity contribution in [2.24, 2.45) is 5.92 Å². The molecule has 144 valence electrons. The maximum Gasteiger partial charge on any atom is 0.306 e. The third-order valence-electron chi connectivity index (χ3n) is 5.28. The lowest BCUT2D eigenvalue weighted by molar-refractivity contribution is -0.145. The Bertz CT molecular complexity index is 976. The third kappa shape index (κ3) is 3.97. The Morgan fingerprint density at radius 1 is 1.14 bits per heavy atom. The van der Waals surface area contributed by atoms with Gasteiger partial charge in [0.15, 0.2) is 0 Å². The van der Waals surface area contributed by atoms with Gasteiger partial charge in [0.05, 0.1) is 5.92 Å². The number of carboxylic acids is 1. The summed E-state index contributed by atoms with van der Waals surface area (Å²) in [5.41, 5.74) is 4.16. The summed E-state index contributed by atoms with van der Waals surface area (Å²) in [6.07, 6.45) is 2.35. The first-order valence-corrected chi connectivity index (χ1v) is 9.61. The number of benzene rings is 2. The van der Waals surface area contributed by atoms with Crippen LogP contribution in [0.1, 0.15) is 30.9 Å². The molecule has 3 aromatic rings. The minimum absolute atomic E-state index is 0.201. The van der Waals surface area contributed by atoms with E-state index in [1.807, 2.05) is 36.4 Å². The molecule has 1 aliphatic rings. The Balaban J connectivity index is 1.43. The van der Waals surface area contributed by atoms with Crippen LogP contribution in [-0.4, -0.2) is 27.3 Å². The van der Waals surface area contributed by atoms with E-state index in [0.29, 0.717) is 31.1 Å². The molecule has 1 heterocycles. The first-order valence-electron chi connectivity index (χ1n) is 9.61. The minimum atomic E-state index is -0.697. The lowest BCUT2D eigenvalue weighted by Gasteiger charge is -2.33. The molecule has 1 aliphatic carbocycles. The molecule has 28 heavy (non-hydrogen) atoms. The molecule has 1 saturated carbocycles. The van der Waals surface area contributed by atoms with E-state index >= 15 is 0 Å². The molecule has 1 aromatic heterocycles. The predicted octanol–water partition coefficient (Wildman–Crippen LogP) is 3.92. The van der Waals surface area contributed by atoms with Crippen molar-refractivity contribution < 1.29 is 14.4 Å². The molecule has 0 amide bonds. The van der Waals surface area contributed by atoms with Gasteiger partial charge in [0.1, 0.15) is 0 Å². The zero-order valence-corrected chi connectivity index (χ0v) is 15.8. The molecular formula is C22H23N3O3. The topological polar surface area (TPSA) is 88.2 Å². The quantitative estimate of drug-likeness (QED) is 0.649. The second-order valence-corrected chi connectivity index (χ2v) is 7.26. The van der Waals surface area contributed by atoms with Gasteiger partial charge < -0.3 is 14.9 Å². The Kier molecular flexibility index (Phi) is 5.21. The Morgan fingerprint density at radius 2 is 1.86 bits per heavy atom.